The third kappa shape index (κ3) is 5.27. The largest absolute Gasteiger partial charge is 0.390 e. The molecule has 7 heteroatoms. The number of carbonyl (C=O) groups excluding carboxylic acids is 2. The van der Waals surface area contributed by atoms with Crippen molar-refractivity contribution in [3.63, 3.8) is 0 Å². The highest BCUT2D eigenvalue weighted by molar-refractivity contribution is 5.97. The van der Waals surface area contributed by atoms with Crippen LogP contribution in [0.4, 0.5) is 5.69 Å². The third-order valence-corrected chi connectivity index (χ3v) is 8.24. The number of hydrogen-bond donors (Lipinski definition) is 1. The summed E-state index contributed by atoms with van der Waals surface area (Å²) >= 11 is 0. The predicted molar refractivity (Wildman–Crippen MR) is 141 cm³/mol. The quantitative estimate of drug-likeness (QED) is 0.674. The highest BCUT2D eigenvalue weighted by Crippen LogP contribution is 2.28. The zero-order valence-electron chi connectivity index (χ0n) is 21.5. The van der Waals surface area contributed by atoms with Crippen molar-refractivity contribution in [3.8, 4) is 0 Å². The SMILES string of the molecule is CC(=O)N(C)C1CCN(c2ccc3c(c2)CCN(C[C@H](O)CN2CCc4ccccc4C2)C3=O)CC1. The minimum atomic E-state index is -0.561. The van der Waals surface area contributed by atoms with Gasteiger partial charge in [0.25, 0.3) is 5.91 Å². The summed E-state index contributed by atoms with van der Waals surface area (Å²) in [5, 5.41) is 10.8. The van der Waals surface area contributed by atoms with Crippen molar-refractivity contribution in [1.29, 1.82) is 0 Å². The van der Waals surface area contributed by atoms with E-state index in [9.17, 15) is 14.7 Å². The first kappa shape index (κ1) is 24.8. The number of fused-ring (bicyclic) bond motifs is 2. The number of aliphatic hydroxyl groups is 1. The maximum atomic E-state index is 13.2. The molecular weight excluding hydrogens is 452 g/mol. The average Bonchev–Trinajstić information content (AvgIpc) is 2.89. The van der Waals surface area contributed by atoms with Crippen LogP contribution in [0.3, 0.4) is 0 Å². The lowest BCUT2D eigenvalue weighted by molar-refractivity contribution is -0.129. The Kier molecular flexibility index (Phi) is 7.30. The van der Waals surface area contributed by atoms with Crippen LogP contribution in [0.1, 0.15) is 46.8 Å². The van der Waals surface area contributed by atoms with Crippen molar-refractivity contribution in [2.75, 3.05) is 51.2 Å². The smallest absolute Gasteiger partial charge is 0.254 e. The zero-order chi connectivity index (χ0) is 25.2. The maximum Gasteiger partial charge on any atom is 0.254 e. The number of hydrogen-bond acceptors (Lipinski definition) is 5. The molecule has 36 heavy (non-hydrogen) atoms. The lowest BCUT2D eigenvalue weighted by Gasteiger charge is -2.38. The molecule has 1 atom stereocenters. The van der Waals surface area contributed by atoms with E-state index in [0.29, 0.717) is 25.7 Å². The molecule has 5 rings (SSSR count). The number of rotatable bonds is 6. The maximum absolute atomic E-state index is 13.2. The fraction of sp³-hybridized carbons (Fsp3) is 0.517. The van der Waals surface area contributed by atoms with E-state index in [1.807, 2.05) is 22.9 Å². The van der Waals surface area contributed by atoms with Crippen LogP contribution in [0, 0.1) is 0 Å². The second-order valence-electron chi connectivity index (χ2n) is 10.6. The van der Waals surface area contributed by atoms with Crippen LogP contribution in [0.5, 0.6) is 0 Å². The molecule has 2 aromatic carbocycles. The number of amides is 2. The first-order chi connectivity index (χ1) is 17.4. The van der Waals surface area contributed by atoms with Gasteiger partial charge in [0.15, 0.2) is 0 Å². The van der Waals surface area contributed by atoms with Gasteiger partial charge in [-0.25, -0.2) is 0 Å². The van der Waals surface area contributed by atoms with Gasteiger partial charge < -0.3 is 19.8 Å². The Hall–Kier alpha value is -2.90. The lowest BCUT2D eigenvalue weighted by atomic mass is 9.96. The van der Waals surface area contributed by atoms with Crippen LogP contribution in [0.2, 0.25) is 0 Å². The number of nitrogens with zero attached hydrogens (tertiary/aromatic N) is 4. The van der Waals surface area contributed by atoms with Crippen LogP contribution >= 0.6 is 0 Å². The van der Waals surface area contributed by atoms with E-state index in [2.05, 4.69) is 46.2 Å². The van der Waals surface area contributed by atoms with Crippen molar-refractivity contribution in [2.24, 2.45) is 0 Å². The average molecular weight is 491 g/mol. The van der Waals surface area contributed by atoms with Gasteiger partial charge in [0.2, 0.25) is 5.91 Å². The van der Waals surface area contributed by atoms with Crippen LogP contribution in [-0.4, -0.2) is 90.1 Å². The molecule has 3 heterocycles. The zero-order valence-corrected chi connectivity index (χ0v) is 21.5. The van der Waals surface area contributed by atoms with E-state index < -0.39 is 6.10 Å². The molecule has 2 amide bonds. The Morgan fingerprint density at radius 2 is 1.72 bits per heavy atom. The molecule has 0 radical (unpaired) electrons. The molecule has 0 aliphatic carbocycles. The van der Waals surface area contributed by atoms with Gasteiger partial charge in [-0.15, -0.1) is 0 Å². The molecular formula is C29H38N4O3. The Balaban J connectivity index is 1.16. The molecule has 3 aliphatic heterocycles. The number of β-amino-alcohol motifs (C(OH)–C–C–N with tert-alkyl or cyclic N) is 1. The highest BCUT2D eigenvalue weighted by atomic mass is 16.3. The van der Waals surface area contributed by atoms with E-state index in [1.54, 1.807) is 6.92 Å². The van der Waals surface area contributed by atoms with E-state index >= 15 is 0 Å². The summed E-state index contributed by atoms with van der Waals surface area (Å²) in [5.41, 5.74) is 5.75. The lowest BCUT2D eigenvalue weighted by Crippen LogP contribution is -2.46. The van der Waals surface area contributed by atoms with Crippen LogP contribution in [0.25, 0.3) is 0 Å². The summed E-state index contributed by atoms with van der Waals surface area (Å²) in [5.74, 6) is 0.143. The fourth-order valence-corrected chi connectivity index (χ4v) is 5.98. The Labute approximate surface area is 214 Å². The molecule has 192 valence electrons. The van der Waals surface area contributed by atoms with Gasteiger partial charge in [0.1, 0.15) is 0 Å². The monoisotopic (exact) mass is 490 g/mol. The summed E-state index contributed by atoms with van der Waals surface area (Å²) in [6, 6.07) is 15.0. The van der Waals surface area contributed by atoms with Crippen LogP contribution < -0.4 is 4.90 Å². The van der Waals surface area contributed by atoms with Gasteiger partial charge in [-0.3, -0.25) is 14.5 Å². The number of anilines is 1. The van der Waals surface area contributed by atoms with Gasteiger partial charge in [-0.2, -0.15) is 0 Å². The van der Waals surface area contributed by atoms with Gasteiger partial charge in [-0.05, 0) is 60.6 Å². The summed E-state index contributed by atoms with van der Waals surface area (Å²) in [7, 11) is 1.89. The van der Waals surface area contributed by atoms with E-state index in [-0.39, 0.29) is 11.8 Å². The van der Waals surface area contributed by atoms with Crippen molar-refractivity contribution >= 4 is 17.5 Å². The standard InChI is InChI=1S/C29H38N4O3/c1-21(34)30(2)25-11-15-32(16-12-25)26-7-8-28-23(17-26)10-14-33(29(28)36)20-27(35)19-31-13-9-22-5-3-4-6-24(22)18-31/h3-8,17,25,27,35H,9-16,18-20H2,1-2H3/t27-/m1/s1. The first-order valence-corrected chi connectivity index (χ1v) is 13.3. The summed E-state index contributed by atoms with van der Waals surface area (Å²) in [4.78, 5) is 33.2. The van der Waals surface area contributed by atoms with Gasteiger partial charge >= 0.3 is 0 Å². The molecule has 1 fully saturated rings. The Morgan fingerprint density at radius 3 is 2.47 bits per heavy atom. The molecule has 1 N–H and O–H groups in total. The number of carbonyl (C=O) groups is 2. The predicted octanol–water partition coefficient (Wildman–Crippen LogP) is 2.55. The van der Waals surface area contributed by atoms with Gasteiger partial charge in [-0.1, -0.05) is 24.3 Å². The molecule has 0 bridgehead atoms. The van der Waals surface area contributed by atoms with E-state index in [1.165, 1.54) is 11.1 Å². The summed E-state index contributed by atoms with van der Waals surface area (Å²) < 4.78 is 0. The highest BCUT2D eigenvalue weighted by Gasteiger charge is 2.29. The third-order valence-electron chi connectivity index (χ3n) is 8.24. The molecule has 1 saturated heterocycles. The van der Waals surface area contributed by atoms with Crippen molar-refractivity contribution < 1.29 is 14.7 Å². The molecule has 0 saturated carbocycles. The number of aliphatic hydroxyl groups excluding tert-OH is 1. The van der Waals surface area contributed by atoms with E-state index in [0.717, 1.165) is 68.7 Å². The first-order valence-electron chi connectivity index (χ1n) is 13.3. The summed E-state index contributed by atoms with van der Waals surface area (Å²) in [6.45, 7) is 6.84. The second-order valence-corrected chi connectivity index (χ2v) is 10.6. The molecule has 0 aromatic heterocycles. The van der Waals surface area contributed by atoms with Crippen LogP contribution in [0.15, 0.2) is 42.5 Å². The van der Waals surface area contributed by atoms with Gasteiger partial charge in [0, 0.05) is 77.1 Å². The Bertz CT molecular complexity index is 1110. The van der Waals surface area contributed by atoms with Crippen molar-refractivity contribution in [2.45, 2.75) is 51.3 Å². The Morgan fingerprint density at radius 1 is 1.00 bits per heavy atom. The van der Waals surface area contributed by atoms with Crippen LogP contribution in [-0.2, 0) is 24.2 Å². The van der Waals surface area contributed by atoms with E-state index in [4.69, 9.17) is 0 Å². The topological polar surface area (TPSA) is 67.3 Å². The summed E-state index contributed by atoms with van der Waals surface area (Å²) in [6.07, 6.45) is 3.17. The normalized spacial score (nSPS) is 19.6. The molecule has 2 aromatic rings. The van der Waals surface area contributed by atoms with Gasteiger partial charge in [0.05, 0.1) is 6.10 Å². The molecule has 0 spiro atoms. The second kappa shape index (κ2) is 10.6. The van der Waals surface area contributed by atoms with Crippen molar-refractivity contribution in [3.05, 3.63) is 64.7 Å². The molecule has 3 aliphatic rings. The number of piperidine rings is 1. The molecule has 7 nitrogen and oxygen atoms in total. The number of benzene rings is 2. The fourth-order valence-electron chi connectivity index (χ4n) is 5.98. The van der Waals surface area contributed by atoms with Crippen molar-refractivity contribution in [1.82, 2.24) is 14.7 Å². The molecule has 0 unspecified atom stereocenters. The minimum Gasteiger partial charge on any atom is -0.390 e. The minimum absolute atomic E-state index is 0.0210.